The Labute approximate surface area is 203 Å². The minimum Gasteiger partial charge on any atom is -0.322 e. The molecule has 0 bridgehead atoms. The molecular weight excluding hydrogens is 475 g/mol. The Bertz CT molecular complexity index is 1380. The molecule has 0 saturated heterocycles. The van der Waals surface area contributed by atoms with Crippen LogP contribution >= 0.6 is 11.3 Å². The van der Waals surface area contributed by atoms with E-state index in [4.69, 9.17) is 0 Å². The lowest BCUT2D eigenvalue weighted by Crippen LogP contribution is -2.13. The number of aromatic nitrogens is 1. The van der Waals surface area contributed by atoms with Crippen molar-refractivity contribution < 1.29 is 22.8 Å². The molecule has 9 heteroatoms. The van der Waals surface area contributed by atoms with Gasteiger partial charge >= 0.3 is 6.18 Å². The zero-order valence-corrected chi connectivity index (χ0v) is 18.9. The van der Waals surface area contributed by atoms with Gasteiger partial charge in [-0.25, -0.2) is 4.98 Å². The average Bonchev–Trinajstić information content (AvgIpc) is 3.38. The van der Waals surface area contributed by atoms with E-state index in [1.807, 2.05) is 23.6 Å². The fourth-order valence-electron chi connectivity index (χ4n) is 3.24. The third-order valence-corrected chi connectivity index (χ3v) is 5.68. The predicted molar refractivity (Wildman–Crippen MR) is 131 cm³/mol. The lowest BCUT2D eigenvalue weighted by molar-refractivity contribution is -0.137. The normalized spacial score (nSPS) is 11.4. The van der Waals surface area contributed by atoms with Gasteiger partial charge in [-0.05, 0) is 54.1 Å². The van der Waals surface area contributed by atoms with Crippen molar-refractivity contribution in [1.29, 1.82) is 0 Å². The van der Waals surface area contributed by atoms with E-state index in [1.54, 1.807) is 30.5 Å². The van der Waals surface area contributed by atoms with Crippen molar-refractivity contribution in [3.8, 4) is 10.6 Å². The Morgan fingerprint density at radius 2 is 1.71 bits per heavy atom. The second kappa shape index (κ2) is 10.4. The van der Waals surface area contributed by atoms with E-state index in [0.29, 0.717) is 11.3 Å². The lowest BCUT2D eigenvalue weighted by atomic mass is 10.1. The smallest absolute Gasteiger partial charge is 0.322 e. The zero-order valence-electron chi connectivity index (χ0n) is 18.0. The highest BCUT2D eigenvalue weighted by molar-refractivity contribution is 7.13. The molecule has 4 rings (SSSR count). The predicted octanol–water partition coefficient (Wildman–Crippen LogP) is 6.73. The number of para-hydroxylation sites is 1. The van der Waals surface area contributed by atoms with Gasteiger partial charge in [-0.2, -0.15) is 13.2 Å². The molecule has 0 saturated carbocycles. The van der Waals surface area contributed by atoms with Crippen LogP contribution in [0.3, 0.4) is 0 Å². The molecule has 2 N–H and O–H groups in total. The molecule has 2 amide bonds. The number of nitrogens with zero attached hydrogens (tertiary/aromatic N) is 1. The van der Waals surface area contributed by atoms with Gasteiger partial charge < -0.3 is 10.6 Å². The van der Waals surface area contributed by atoms with Gasteiger partial charge in [0.05, 0.1) is 11.3 Å². The lowest BCUT2D eigenvalue weighted by Gasteiger charge is -2.10. The third-order valence-electron chi connectivity index (χ3n) is 4.87. The Balaban J connectivity index is 1.44. The Hall–Kier alpha value is -4.24. The molecule has 4 aromatic rings. The molecule has 35 heavy (non-hydrogen) atoms. The topological polar surface area (TPSA) is 71.1 Å². The minimum absolute atomic E-state index is 0.0315. The molecule has 1 aromatic heterocycles. The SMILES string of the molecule is O=C(/C=C/c1cccc(C(=O)Nc2cccc(C(F)(F)F)c2)c1)Nc1ccccc1-c1nccs1. The minimum atomic E-state index is -4.51. The van der Waals surface area contributed by atoms with E-state index in [-0.39, 0.29) is 17.2 Å². The second-order valence-corrected chi connectivity index (χ2v) is 8.26. The van der Waals surface area contributed by atoms with E-state index < -0.39 is 17.6 Å². The summed E-state index contributed by atoms with van der Waals surface area (Å²) in [5, 5.41) is 7.93. The van der Waals surface area contributed by atoms with Crippen LogP contribution in [0.15, 0.2) is 90.4 Å². The molecule has 0 fully saturated rings. The highest BCUT2D eigenvalue weighted by Gasteiger charge is 2.30. The van der Waals surface area contributed by atoms with Gasteiger partial charge in [-0.1, -0.05) is 30.3 Å². The van der Waals surface area contributed by atoms with E-state index in [1.165, 1.54) is 41.7 Å². The van der Waals surface area contributed by atoms with Gasteiger partial charge in [0.25, 0.3) is 5.91 Å². The molecule has 0 aliphatic heterocycles. The first kappa shape index (κ1) is 23.9. The van der Waals surface area contributed by atoms with Crippen molar-refractivity contribution in [2.24, 2.45) is 0 Å². The summed E-state index contributed by atoms with van der Waals surface area (Å²) in [5.41, 5.74) is 1.41. The molecule has 3 aromatic carbocycles. The van der Waals surface area contributed by atoms with E-state index in [2.05, 4.69) is 15.6 Å². The van der Waals surface area contributed by atoms with Crippen LogP contribution in [0.25, 0.3) is 16.6 Å². The van der Waals surface area contributed by atoms with Crippen LogP contribution in [-0.2, 0) is 11.0 Å². The molecule has 1 heterocycles. The fourth-order valence-corrected chi connectivity index (χ4v) is 3.92. The molecule has 0 radical (unpaired) electrons. The molecule has 0 atom stereocenters. The molecule has 0 spiro atoms. The number of halogens is 3. The number of amides is 2. The van der Waals surface area contributed by atoms with Crippen molar-refractivity contribution in [1.82, 2.24) is 4.98 Å². The van der Waals surface area contributed by atoms with Crippen molar-refractivity contribution in [2.75, 3.05) is 10.6 Å². The number of carbonyl (C=O) groups is 2. The zero-order chi connectivity index (χ0) is 24.8. The first-order valence-corrected chi connectivity index (χ1v) is 11.2. The van der Waals surface area contributed by atoms with E-state index in [9.17, 15) is 22.8 Å². The van der Waals surface area contributed by atoms with Crippen molar-refractivity contribution in [2.45, 2.75) is 6.18 Å². The number of hydrogen-bond acceptors (Lipinski definition) is 4. The van der Waals surface area contributed by atoms with Crippen LogP contribution in [0, 0.1) is 0 Å². The number of anilines is 2. The number of hydrogen-bond donors (Lipinski definition) is 2. The first-order chi connectivity index (χ1) is 16.8. The second-order valence-electron chi connectivity index (χ2n) is 7.36. The Morgan fingerprint density at radius 1 is 0.914 bits per heavy atom. The van der Waals surface area contributed by atoms with Crippen LogP contribution in [0.2, 0.25) is 0 Å². The molecule has 5 nitrogen and oxygen atoms in total. The summed E-state index contributed by atoms with van der Waals surface area (Å²) in [4.78, 5) is 29.3. The fraction of sp³-hybridized carbons (Fsp3) is 0.0385. The van der Waals surface area contributed by atoms with Crippen molar-refractivity contribution in [3.05, 3.63) is 107 Å². The average molecular weight is 494 g/mol. The standard InChI is InChI=1S/C26H18F3N3O2S/c27-26(28,29)19-7-4-8-20(16-19)31-24(34)18-6-3-5-17(15-18)11-12-23(33)32-22-10-2-1-9-21(22)25-30-13-14-35-25/h1-16H,(H,31,34)(H,32,33)/b12-11+. The Morgan fingerprint density at radius 3 is 2.49 bits per heavy atom. The highest BCUT2D eigenvalue weighted by atomic mass is 32.1. The molecule has 0 aliphatic carbocycles. The van der Waals surface area contributed by atoms with E-state index >= 15 is 0 Å². The first-order valence-electron chi connectivity index (χ1n) is 10.4. The van der Waals surface area contributed by atoms with Crippen LogP contribution in [0.5, 0.6) is 0 Å². The largest absolute Gasteiger partial charge is 0.416 e. The van der Waals surface area contributed by atoms with Gasteiger partial charge in [0, 0.05) is 34.5 Å². The van der Waals surface area contributed by atoms with Crippen molar-refractivity contribution >= 4 is 40.6 Å². The monoisotopic (exact) mass is 493 g/mol. The summed E-state index contributed by atoms with van der Waals surface area (Å²) in [7, 11) is 0. The summed E-state index contributed by atoms with van der Waals surface area (Å²) >= 11 is 1.46. The summed E-state index contributed by atoms with van der Waals surface area (Å²) in [6.45, 7) is 0. The van der Waals surface area contributed by atoms with Gasteiger partial charge in [-0.15, -0.1) is 11.3 Å². The van der Waals surface area contributed by atoms with E-state index in [0.717, 1.165) is 22.7 Å². The quantitative estimate of drug-likeness (QED) is 0.293. The molecular formula is C26H18F3N3O2S. The van der Waals surface area contributed by atoms with Crippen molar-refractivity contribution in [3.63, 3.8) is 0 Å². The number of thiazole rings is 1. The van der Waals surface area contributed by atoms with Gasteiger partial charge in [0.1, 0.15) is 5.01 Å². The summed E-state index contributed by atoms with van der Waals surface area (Å²) in [6.07, 6.45) is 0.0618. The summed E-state index contributed by atoms with van der Waals surface area (Å²) < 4.78 is 38.7. The maximum absolute atomic E-state index is 12.9. The number of benzene rings is 3. The van der Waals surface area contributed by atoms with Gasteiger partial charge in [0.15, 0.2) is 0 Å². The van der Waals surface area contributed by atoms with Crippen LogP contribution < -0.4 is 10.6 Å². The number of alkyl halides is 3. The molecule has 0 aliphatic rings. The van der Waals surface area contributed by atoms with Crippen LogP contribution in [-0.4, -0.2) is 16.8 Å². The molecule has 0 unspecified atom stereocenters. The van der Waals surface area contributed by atoms with Crippen LogP contribution in [0.4, 0.5) is 24.5 Å². The third kappa shape index (κ3) is 6.21. The summed E-state index contributed by atoms with van der Waals surface area (Å²) in [6, 6.07) is 18.1. The maximum atomic E-state index is 12.9. The summed E-state index contributed by atoms with van der Waals surface area (Å²) in [5.74, 6) is -0.936. The number of nitrogens with one attached hydrogen (secondary N) is 2. The number of carbonyl (C=O) groups excluding carboxylic acids is 2. The van der Waals surface area contributed by atoms with Gasteiger partial charge in [-0.3, -0.25) is 9.59 Å². The number of rotatable bonds is 6. The highest BCUT2D eigenvalue weighted by Crippen LogP contribution is 2.31. The maximum Gasteiger partial charge on any atom is 0.416 e. The molecule has 176 valence electrons. The van der Waals surface area contributed by atoms with Gasteiger partial charge in [0.2, 0.25) is 5.91 Å². The van der Waals surface area contributed by atoms with Crippen LogP contribution in [0.1, 0.15) is 21.5 Å². The Kier molecular flexibility index (Phi) is 7.07.